The molecule has 1 aromatic rings. The van der Waals surface area contributed by atoms with Crippen LogP contribution in [-0.2, 0) is 0 Å². The number of carbonyl (C=O) groups is 1. The van der Waals surface area contributed by atoms with Gasteiger partial charge in [-0.2, -0.15) is 0 Å². The molecule has 5 nitrogen and oxygen atoms in total. The third kappa shape index (κ3) is 1.43. The van der Waals surface area contributed by atoms with E-state index in [9.17, 15) is 9.90 Å². The fraction of sp³-hybridized carbons (Fsp3) is 0.636. The normalized spacial score (nSPS) is 33.1. The second kappa shape index (κ2) is 3.59. The van der Waals surface area contributed by atoms with Crippen LogP contribution in [0, 0.1) is 11.8 Å². The van der Waals surface area contributed by atoms with Crippen molar-refractivity contribution in [1.82, 2.24) is 14.5 Å². The van der Waals surface area contributed by atoms with Crippen LogP contribution in [0.3, 0.4) is 0 Å². The van der Waals surface area contributed by atoms with Crippen molar-refractivity contribution < 1.29 is 9.90 Å². The molecule has 3 rings (SSSR count). The summed E-state index contributed by atoms with van der Waals surface area (Å²) in [7, 11) is 0. The lowest BCUT2D eigenvalue weighted by Crippen LogP contribution is -2.33. The summed E-state index contributed by atoms with van der Waals surface area (Å²) < 4.78 is 1.49. The molecule has 2 aliphatic rings. The van der Waals surface area contributed by atoms with Gasteiger partial charge in [0.1, 0.15) is 6.33 Å². The lowest BCUT2D eigenvalue weighted by molar-refractivity contribution is 0.126. The van der Waals surface area contributed by atoms with Gasteiger partial charge >= 0.3 is 6.03 Å². The Morgan fingerprint density at radius 3 is 2.94 bits per heavy atom. The number of rotatable bonds is 0. The van der Waals surface area contributed by atoms with E-state index in [-0.39, 0.29) is 18.1 Å². The summed E-state index contributed by atoms with van der Waals surface area (Å²) in [5.74, 6) is 0.773. The number of aromatic nitrogens is 2. The molecule has 5 heteroatoms. The zero-order valence-corrected chi connectivity index (χ0v) is 8.99. The molecule has 16 heavy (non-hydrogen) atoms. The Kier molecular flexibility index (Phi) is 2.21. The van der Waals surface area contributed by atoms with Crippen molar-refractivity contribution in [3.63, 3.8) is 0 Å². The lowest BCUT2D eigenvalue weighted by Gasteiger charge is -2.18. The Balaban J connectivity index is 1.73. The third-order valence-corrected chi connectivity index (χ3v) is 3.81. The van der Waals surface area contributed by atoms with Crippen molar-refractivity contribution in [3.8, 4) is 0 Å². The summed E-state index contributed by atoms with van der Waals surface area (Å²) in [6, 6.07) is -0.0286. The largest absolute Gasteiger partial charge is 0.393 e. The molecule has 0 radical (unpaired) electrons. The summed E-state index contributed by atoms with van der Waals surface area (Å²) >= 11 is 0. The molecule has 1 amide bonds. The number of likely N-dealkylation sites (tertiary alicyclic amines) is 1. The third-order valence-electron chi connectivity index (χ3n) is 3.81. The molecule has 1 aliphatic carbocycles. The molecule has 86 valence electrons. The van der Waals surface area contributed by atoms with E-state index < -0.39 is 0 Å². The molecule has 3 unspecified atom stereocenters. The molecule has 1 saturated carbocycles. The average Bonchev–Trinajstić information content (AvgIpc) is 2.96. The standard InChI is InChI=1S/C11H15N3O2/c15-10-2-1-8-5-14(6-9(8)10)11(16)13-4-3-12-7-13/h3-4,7-10,15H,1-2,5-6H2. The number of amides is 1. The first-order valence-corrected chi connectivity index (χ1v) is 5.71. The van der Waals surface area contributed by atoms with Gasteiger partial charge in [0.05, 0.1) is 6.10 Å². The first-order chi connectivity index (χ1) is 7.75. The predicted octanol–water partition coefficient (Wildman–Crippen LogP) is 0.554. The van der Waals surface area contributed by atoms with E-state index in [1.165, 1.54) is 10.9 Å². The molecular formula is C11H15N3O2. The van der Waals surface area contributed by atoms with Crippen molar-refractivity contribution >= 4 is 6.03 Å². The molecule has 1 aliphatic heterocycles. The Morgan fingerprint density at radius 1 is 1.38 bits per heavy atom. The number of aliphatic hydroxyl groups is 1. The molecule has 0 spiro atoms. The van der Waals surface area contributed by atoms with Gasteiger partial charge in [-0.15, -0.1) is 0 Å². The van der Waals surface area contributed by atoms with Crippen LogP contribution < -0.4 is 0 Å². The predicted molar refractivity (Wildman–Crippen MR) is 56.8 cm³/mol. The van der Waals surface area contributed by atoms with E-state index in [2.05, 4.69) is 4.98 Å². The van der Waals surface area contributed by atoms with Crippen molar-refractivity contribution in [2.75, 3.05) is 13.1 Å². The molecule has 0 bridgehead atoms. The number of imidazole rings is 1. The zero-order chi connectivity index (χ0) is 11.1. The highest BCUT2D eigenvalue weighted by atomic mass is 16.3. The second-order valence-corrected chi connectivity index (χ2v) is 4.73. The molecule has 1 aromatic heterocycles. The van der Waals surface area contributed by atoms with Crippen LogP contribution in [0.25, 0.3) is 0 Å². The molecule has 1 N–H and O–H groups in total. The SMILES string of the molecule is O=C(N1CC2CCC(O)C2C1)n1ccnc1. The van der Waals surface area contributed by atoms with Crippen LogP contribution in [0.1, 0.15) is 12.8 Å². The smallest absolute Gasteiger partial charge is 0.329 e. The van der Waals surface area contributed by atoms with Crippen molar-refractivity contribution in [3.05, 3.63) is 18.7 Å². The molecule has 2 heterocycles. The van der Waals surface area contributed by atoms with Crippen LogP contribution in [0.5, 0.6) is 0 Å². The van der Waals surface area contributed by atoms with E-state index in [1.807, 2.05) is 4.90 Å². The highest BCUT2D eigenvalue weighted by Gasteiger charge is 2.43. The summed E-state index contributed by atoms with van der Waals surface area (Å²) in [5, 5.41) is 9.77. The minimum Gasteiger partial charge on any atom is -0.393 e. The van der Waals surface area contributed by atoms with Crippen molar-refractivity contribution in [2.45, 2.75) is 18.9 Å². The number of nitrogens with zero attached hydrogens (tertiary/aromatic N) is 3. The van der Waals surface area contributed by atoms with E-state index in [4.69, 9.17) is 0 Å². The van der Waals surface area contributed by atoms with Gasteiger partial charge in [0.15, 0.2) is 0 Å². The van der Waals surface area contributed by atoms with E-state index in [0.717, 1.165) is 19.4 Å². The Bertz CT molecular complexity index is 390. The maximum atomic E-state index is 12.0. The van der Waals surface area contributed by atoms with Crippen LogP contribution in [-0.4, -0.2) is 44.8 Å². The minimum atomic E-state index is -0.217. The van der Waals surface area contributed by atoms with Gasteiger partial charge < -0.3 is 10.0 Å². The Labute approximate surface area is 93.7 Å². The second-order valence-electron chi connectivity index (χ2n) is 4.73. The molecule has 3 atom stereocenters. The highest BCUT2D eigenvalue weighted by molar-refractivity contribution is 5.77. The van der Waals surface area contributed by atoms with Gasteiger partial charge in [-0.3, -0.25) is 4.57 Å². The van der Waals surface area contributed by atoms with Crippen LogP contribution in [0.2, 0.25) is 0 Å². The summed E-state index contributed by atoms with van der Waals surface area (Å²) in [6.07, 6.45) is 6.50. The minimum absolute atomic E-state index is 0.0286. The number of hydrogen-bond acceptors (Lipinski definition) is 3. The van der Waals surface area contributed by atoms with Gasteiger partial charge in [0.25, 0.3) is 0 Å². The first-order valence-electron chi connectivity index (χ1n) is 5.71. The Hall–Kier alpha value is -1.36. The summed E-state index contributed by atoms with van der Waals surface area (Å²) in [4.78, 5) is 17.7. The summed E-state index contributed by atoms with van der Waals surface area (Å²) in [5.41, 5.74) is 0. The number of fused-ring (bicyclic) bond motifs is 1. The maximum Gasteiger partial charge on any atom is 0.329 e. The maximum absolute atomic E-state index is 12.0. The number of hydrogen-bond donors (Lipinski definition) is 1. The first kappa shape index (κ1) is 9.84. The van der Waals surface area contributed by atoms with Gasteiger partial charge in [-0.05, 0) is 18.8 Å². The van der Waals surface area contributed by atoms with Crippen LogP contribution in [0.15, 0.2) is 18.7 Å². The summed E-state index contributed by atoms with van der Waals surface area (Å²) in [6.45, 7) is 1.46. The topological polar surface area (TPSA) is 58.4 Å². The molecule has 2 fully saturated rings. The Morgan fingerprint density at radius 2 is 2.25 bits per heavy atom. The number of carbonyl (C=O) groups excluding carboxylic acids is 1. The van der Waals surface area contributed by atoms with E-state index in [0.29, 0.717) is 12.5 Å². The van der Waals surface area contributed by atoms with Gasteiger partial charge in [0, 0.05) is 31.4 Å². The molecule has 0 aromatic carbocycles. The molecule has 1 saturated heterocycles. The van der Waals surface area contributed by atoms with E-state index in [1.54, 1.807) is 12.4 Å². The van der Waals surface area contributed by atoms with E-state index >= 15 is 0 Å². The van der Waals surface area contributed by atoms with Gasteiger partial charge in [-0.1, -0.05) is 0 Å². The van der Waals surface area contributed by atoms with Crippen molar-refractivity contribution in [2.24, 2.45) is 11.8 Å². The zero-order valence-electron chi connectivity index (χ0n) is 8.99. The van der Waals surface area contributed by atoms with Gasteiger partial charge in [0.2, 0.25) is 0 Å². The monoisotopic (exact) mass is 221 g/mol. The fourth-order valence-corrected chi connectivity index (χ4v) is 2.93. The van der Waals surface area contributed by atoms with Crippen LogP contribution in [0.4, 0.5) is 4.79 Å². The van der Waals surface area contributed by atoms with Crippen molar-refractivity contribution in [1.29, 1.82) is 0 Å². The van der Waals surface area contributed by atoms with Gasteiger partial charge in [-0.25, -0.2) is 9.78 Å². The quantitative estimate of drug-likeness (QED) is 0.696. The molecular weight excluding hydrogens is 206 g/mol. The van der Waals surface area contributed by atoms with Crippen LogP contribution >= 0.6 is 0 Å². The lowest BCUT2D eigenvalue weighted by atomic mass is 10.00. The highest BCUT2D eigenvalue weighted by Crippen LogP contribution is 2.38. The fourth-order valence-electron chi connectivity index (χ4n) is 2.93. The number of aliphatic hydroxyl groups excluding tert-OH is 1. The average molecular weight is 221 g/mol.